The van der Waals surface area contributed by atoms with Crippen LogP contribution in [0.5, 0.6) is 0 Å². The van der Waals surface area contributed by atoms with Crippen LogP contribution in [0.15, 0.2) is 58.9 Å². The molecule has 9 nitrogen and oxygen atoms in total. The van der Waals surface area contributed by atoms with Crippen LogP contribution in [0.3, 0.4) is 0 Å². The van der Waals surface area contributed by atoms with Crippen LogP contribution in [0, 0.1) is 0 Å². The molecule has 0 unspecified atom stereocenters. The lowest BCUT2D eigenvalue weighted by atomic mass is 9.99. The molecule has 1 amide bonds. The number of anilines is 3. The molecule has 204 valence electrons. The number of hydrogen-bond acceptors (Lipinski definition) is 8. The Hall–Kier alpha value is -2.86. The maximum absolute atomic E-state index is 13.6. The molecule has 38 heavy (non-hydrogen) atoms. The molecule has 2 aliphatic rings. The number of aliphatic hydroxyl groups excluding tert-OH is 1. The SMILES string of the molecule is C[C@H](C(=O)N1CCN(c2ccc(S(=O)(=O)Nc3nccs3)cc2)C[C@H]1CO)N1CCCc2cc(Cl)ccc21.[HH]. The van der Waals surface area contributed by atoms with Gasteiger partial charge in [-0.1, -0.05) is 11.6 Å². The fourth-order valence-corrected chi connectivity index (χ4v) is 7.17. The van der Waals surface area contributed by atoms with Gasteiger partial charge >= 0.3 is 0 Å². The Morgan fingerprint density at radius 1 is 1.24 bits per heavy atom. The van der Waals surface area contributed by atoms with E-state index in [-0.39, 0.29) is 30.9 Å². The van der Waals surface area contributed by atoms with Gasteiger partial charge in [-0.15, -0.1) is 11.3 Å². The lowest BCUT2D eigenvalue weighted by Gasteiger charge is -2.44. The third-order valence-electron chi connectivity index (χ3n) is 7.16. The summed E-state index contributed by atoms with van der Waals surface area (Å²) in [6.07, 6.45) is 3.43. The fraction of sp³-hybridized carbons (Fsp3) is 0.385. The minimum absolute atomic E-state index is 0. The molecule has 3 aromatic rings. The predicted molar refractivity (Wildman–Crippen MR) is 153 cm³/mol. The zero-order valence-corrected chi connectivity index (χ0v) is 23.3. The van der Waals surface area contributed by atoms with Crippen molar-refractivity contribution in [3.8, 4) is 0 Å². The quantitative estimate of drug-likeness (QED) is 0.441. The van der Waals surface area contributed by atoms with Gasteiger partial charge in [-0.25, -0.2) is 13.4 Å². The summed E-state index contributed by atoms with van der Waals surface area (Å²) in [5.41, 5.74) is 3.03. The van der Waals surface area contributed by atoms with Crippen LogP contribution in [-0.4, -0.2) is 74.2 Å². The van der Waals surface area contributed by atoms with Crippen molar-refractivity contribution in [3.05, 3.63) is 64.6 Å². The first-order valence-corrected chi connectivity index (χ1v) is 15.2. The Balaban J connectivity index is 0.00000353. The van der Waals surface area contributed by atoms with E-state index in [1.165, 1.54) is 17.5 Å². The van der Waals surface area contributed by atoms with Crippen LogP contribution in [0.1, 0.15) is 20.3 Å². The molecule has 2 N–H and O–H groups in total. The molecule has 0 bridgehead atoms. The first kappa shape index (κ1) is 26.7. The van der Waals surface area contributed by atoms with Crippen LogP contribution in [-0.2, 0) is 21.2 Å². The highest BCUT2D eigenvalue weighted by atomic mass is 35.5. The molecule has 3 heterocycles. The smallest absolute Gasteiger partial charge is 0.263 e. The zero-order chi connectivity index (χ0) is 26.9. The number of amides is 1. The summed E-state index contributed by atoms with van der Waals surface area (Å²) in [6.45, 7) is 4.03. The molecule has 12 heteroatoms. The van der Waals surface area contributed by atoms with E-state index in [1.807, 2.05) is 25.1 Å². The number of aromatic nitrogens is 1. The number of rotatable bonds is 7. The zero-order valence-electron chi connectivity index (χ0n) is 21.0. The highest BCUT2D eigenvalue weighted by Crippen LogP contribution is 2.32. The molecule has 2 aliphatic heterocycles. The van der Waals surface area contributed by atoms with Gasteiger partial charge in [0.25, 0.3) is 10.0 Å². The topological polar surface area (TPSA) is 106 Å². The molecule has 0 radical (unpaired) electrons. The highest BCUT2D eigenvalue weighted by molar-refractivity contribution is 7.93. The largest absolute Gasteiger partial charge is 0.394 e. The first-order valence-electron chi connectivity index (χ1n) is 12.5. The van der Waals surface area contributed by atoms with E-state index < -0.39 is 10.0 Å². The van der Waals surface area contributed by atoms with Gasteiger partial charge in [-0.05, 0) is 67.8 Å². The number of fused-ring (bicyclic) bond motifs is 1. The molecule has 1 fully saturated rings. The van der Waals surface area contributed by atoms with Gasteiger partial charge in [0.1, 0.15) is 6.04 Å². The van der Waals surface area contributed by atoms with Gasteiger partial charge < -0.3 is 19.8 Å². The molecule has 0 aliphatic carbocycles. The van der Waals surface area contributed by atoms with Crippen molar-refractivity contribution in [1.29, 1.82) is 0 Å². The van der Waals surface area contributed by atoms with E-state index in [2.05, 4.69) is 19.5 Å². The summed E-state index contributed by atoms with van der Waals surface area (Å²) < 4.78 is 27.8. The molecule has 5 rings (SSSR count). The van der Waals surface area contributed by atoms with Crippen LogP contribution in [0.25, 0.3) is 0 Å². The normalized spacial score (nSPS) is 18.7. The summed E-state index contributed by atoms with van der Waals surface area (Å²) in [7, 11) is -3.74. The Morgan fingerprint density at radius 2 is 2.03 bits per heavy atom. The second-order valence-electron chi connectivity index (χ2n) is 9.50. The number of carbonyl (C=O) groups excluding carboxylic acids is 1. The van der Waals surface area contributed by atoms with E-state index in [0.717, 1.165) is 36.3 Å². The lowest BCUT2D eigenvalue weighted by Crippen LogP contribution is -2.60. The summed E-state index contributed by atoms with van der Waals surface area (Å²) in [5.74, 6) is -0.0128. The second kappa shape index (κ2) is 11.1. The summed E-state index contributed by atoms with van der Waals surface area (Å²) in [5, 5.41) is 12.9. The van der Waals surface area contributed by atoms with E-state index in [9.17, 15) is 18.3 Å². The summed E-state index contributed by atoms with van der Waals surface area (Å²) >= 11 is 7.40. The molecular formula is C26H32ClN5O4S2. The van der Waals surface area contributed by atoms with Crippen LogP contribution < -0.4 is 14.5 Å². The first-order chi connectivity index (χ1) is 18.3. The summed E-state index contributed by atoms with van der Waals surface area (Å²) in [6, 6.07) is 11.7. The van der Waals surface area contributed by atoms with Crippen LogP contribution in [0.4, 0.5) is 16.5 Å². The molecule has 1 saturated heterocycles. The van der Waals surface area contributed by atoms with Crippen LogP contribution in [0.2, 0.25) is 5.02 Å². The van der Waals surface area contributed by atoms with Crippen molar-refractivity contribution in [1.82, 2.24) is 9.88 Å². The minimum Gasteiger partial charge on any atom is -0.394 e. The average Bonchev–Trinajstić information content (AvgIpc) is 3.43. The molecule has 2 aromatic carbocycles. The number of aliphatic hydroxyl groups is 1. The van der Waals surface area contributed by atoms with Gasteiger partial charge in [-0.3, -0.25) is 9.52 Å². The second-order valence-corrected chi connectivity index (χ2v) is 12.5. The molecule has 0 spiro atoms. The number of halogens is 1. The van der Waals surface area contributed by atoms with Gasteiger partial charge in [0, 0.05) is 55.6 Å². The Kier molecular flexibility index (Phi) is 7.80. The Bertz CT molecular complexity index is 1390. The number of hydrogen-bond donors (Lipinski definition) is 2. The number of nitrogens with zero attached hydrogens (tertiary/aromatic N) is 4. The number of carbonyl (C=O) groups is 1. The third kappa shape index (κ3) is 5.47. The van der Waals surface area contributed by atoms with Crippen molar-refractivity contribution in [2.75, 3.05) is 47.3 Å². The monoisotopic (exact) mass is 577 g/mol. The Labute approximate surface area is 233 Å². The predicted octanol–water partition coefficient (Wildman–Crippen LogP) is 3.69. The average molecular weight is 578 g/mol. The highest BCUT2D eigenvalue weighted by Gasteiger charge is 2.35. The lowest BCUT2D eigenvalue weighted by molar-refractivity contribution is -0.136. The van der Waals surface area contributed by atoms with Crippen molar-refractivity contribution < 1.29 is 19.7 Å². The molecule has 1 aromatic heterocycles. The number of piperazine rings is 1. The van der Waals surface area contributed by atoms with E-state index in [1.54, 1.807) is 34.5 Å². The standard InChI is InChI=1S/C26H30ClN5O4S2.H2/c1-18(31-11-2-3-19-15-20(27)4-9-24(19)31)25(34)32-13-12-30(16-22(32)17-33)21-5-7-23(8-6-21)38(35,36)29-26-28-10-14-37-26;/h4-10,14-15,18,22,33H,2-3,11-13,16-17H2,1H3,(H,28,29);1H/t18-,22+;/m1./s1. The van der Waals surface area contributed by atoms with Gasteiger partial charge in [0.05, 0.1) is 17.5 Å². The number of thiazole rings is 1. The number of nitrogens with one attached hydrogen (secondary N) is 1. The van der Waals surface area contributed by atoms with Crippen LogP contribution >= 0.6 is 22.9 Å². The van der Waals surface area contributed by atoms with Gasteiger partial charge in [0.2, 0.25) is 5.91 Å². The van der Waals surface area contributed by atoms with E-state index in [4.69, 9.17) is 11.6 Å². The van der Waals surface area contributed by atoms with Gasteiger partial charge in [0.15, 0.2) is 5.13 Å². The Morgan fingerprint density at radius 3 is 2.74 bits per heavy atom. The maximum Gasteiger partial charge on any atom is 0.263 e. The van der Waals surface area contributed by atoms with Crippen molar-refractivity contribution in [2.24, 2.45) is 0 Å². The van der Waals surface area contributed by atoms with E-state index >= 15 is 0 Å². The number of benzene rings is 2. The molecule has 0 saturated carbocycles. The van der Waals surface area contributed by atoms with E-state index in [0.29, 0.717) is 29.8 Å². The van der Waals surface area contributed by atoms with Gasteiger partial charge in [-0.2, -0.15) is 0 Å². The molecule has 2 atom stereocenters. The number of aryl methyl sites for hydroxylation is 1. The fourth-order valence-electron chi connectivity index (χ4n) is 5.19. The maximum atomic E-state index is 13.6. The number of sulfonamides is 1. The van der Waals surface area contributed by atoms with Crippen molar-refractivity contribution in [2.45, 2.75) is 36.7 Å². The summed E-state index contributed by atoms with van der Waals surface area (Å²) in [4.78, 5) is 23.7. The molecular weight excluding hydrogens is 546 g/mol. The third-order valence-corrected chi connectivity index (χ3v) is 9.57. The van der Waals surface area contributed by atoms with Crippen molar-refractivity contribution in [3.63, 3.8) is 0 Å². The minimum atomic E-state index is -3.74. The van der Waals surface area contributed by atoms with Crippen molar-refractivity contribution >= 4 is 55.4 Å².